The van der Waals surface area contributed by atoms with Gasteiger partial charge in [-0.05, 0) is 55.0 Å². The number of hydrogen-bond donors (Lipinski definition) is 0. The summed E-state index contributed by atoms with van der Waals surface area (Å²) in [5.41, 5.74) is 4.14. The van der Waals surface area contributed by atoms with Gasteiger partial charge in [0.15, 0.2) is 0 Å². The van der Waals surface area contributed by atoms with Gasteiger partial charge in [0.05, 0.1) is 22.9 Å². The number of nitrogens with zero attached hydrogens (tertiary/aromatic N) is 5. The number of hydrogen-bond acceptors (Lipinski definition) is 5. The van der Waals surface area contributed by atoms with Crippen LogP contribution < -0.4 is 0 Å². The van der Waals surface area contributed by atoms with Gasteiger partial charge in [0.25, 0.3) is 5.91 Å². The van der Waals surface area contributed by atoms with Gasteiger partial charge in [0.2, 0.25) is 0 Å². The van der Waals surface area contributed by atoms with Crippen molar-refractivity contribution in [3.63, 3.8) is 0 Å². The summed E-state index contributed by atoms with van der Waals surface area (Å²) < 4.78 is 0. The van der Waals surface area contributed by atoms with Crippen LogP contribution in [0.2, 0.25) is 0 Å². The molecule has 1 aliphatic heterocycles. The highest BCUT2D eigenvalue weighted by Crippen LogP contribution is 2.26. The van der Waals surface area contributed by atoms with E-state index in [1.54, 1.807) is 12.4 Å². The third-order valence-corrected chi connectivity index (χ3v) is 5.60. The van der Waals surface area contributed by atoms with Crippen molar-refractivity contribution in [1.82, 2.24) is 19.9 Å². The Hall–Kier alpha value is -3.85. The van der Waals surface area contributed by atoms with Crippen LogP contribution in [0, 0.1) is 11.3 Å². The third kappa shape index (κ3) is 3.25. The molecule has 1 aliphatic rings. The van der Waals surface area contributed by atoms with E-state index in [4.69, 9.17) is 4.98 Å². The van der Waals surface area contributed by atoms with Gasteiger partial charge >= 0.3 is 0 Å². The second-order valence-corrected chi connectivity index (χ2v) is 7.52. The minimum absolute atomic E-state index is 0.0611. The summed E-state index contributed by atoms with van der Waals surface area (Å²) in [7, 11) is 0. The highest BCUT2D eigenvalue weighted by Gasteiger charge is 2.18. The van der Waals surface area contributed by atoms with Crippen molar-refractivity contribution in [2.24, 2.45) is 0 Å². The molecule has 0 atom stereocenters. The predicted molar refractivity (Wildman–Crippen MR) is 115 cm³/mol. The number of aromatic nitrogens is 3. The summed E-state index contributed by atoms with van der Waals surface area (Å²) in [5, 5.41) is 11.0. The van der Waals surface area contributed by atoms with Crippen molar-refractivity contribution in [2.75, 3.05) is 13.1 Å². The molecule has 0 spiro atoms. The molecular formula is C24H19N5O. The molecule has 3 heterocycles. The number of carbonyl (C=O) groups is 1. The monoisotopic (exact) mass is 393 g/mol. The molecule has 30 heavy (non-hydrogen) atoms. The van der Waals surface area contributed by atoms with E-state index in [1.165, 1.54) is 6.42 Å². The number of rotatable bonds is 2. The summed E-state index contributed by atoms with van der Waals surface area (Å²) in [5.74, 6) is 0.0611. The highest BCUT2D eigenvalue weighted by atomic mass is 16.2. The van der Waals surface area contributed by atoms with E-state index in [2.05, 4.69) is 16.0 Å². The van der Waals surface area contributed by atoms with Gasteiger partial charge in [-0.3, -0.25) is 9.78 Å². The molecule has 1 amide bonds. The molecule has 0 radical (unpaired) electrons. The maximum absolute atomic E-state index is 12.9. The van der Waals surface area contributed by atoms with Gasteiger partial charge < -0.3 is 4.90 Å². The van der Waals surface area contributed by atoms with E-state index in [1.807, 2.05) is 47.4 Å². The fraction of sp³-hybridized carbons (Fsp3) is 0.208. The molecule has 0 N–H and O–H groups in total. The molecule has 5 rings (SSSR count). The van der Waals surface area contributed by atoms with Crippen molar-refractivity contribution in [3.05, 3.63) is 66.1 Å². The molecule has 6 nitrogen and oxygen atoms in total. The molecule has 146 valence electrons. The topological polar surface area (TPSA) is 82.8 Å². The first-order chi connectivity index (χ1) is 14.7. The molecule has 1 fully saturated rings. The minimum atomic E-state index is 0.0611. The number of fused-ring (bicyclic) bond motifs is 2. The molecule has 0 aliphatic carbocycles. The zero-order chi connectivity index (χ0) is 20.5. The standard InChI is InChI=1S/C24H19N5O/c25-14-22-19-6-4-17(12-16(19)8-9-26-22)23-15-27-20-7-5-18(13-21(20)28-23)24(30)29-10-2-1-3-11-29/h4-9,12-13,15H,1-3,10-11H2. The van der Waals surface area contributed by atoms with Gasteiger partial charge in [-0.25, -0.2) is 9.97 Å². The Labute approximate surface area is 173 Å². The first-order valence-corrected chi connectivity index (χ1v) is 10.1. The molecule has 0 bridgehead atoms. The van der Waals surface area contributed by atoms with E-state index in [-0.39, 0.29) is 5.91 Å². The lowest BCUT2D eigenvalue weighted by molar-refractivity contribution is 0.0724. The van der Waals surface area contributed by atoms with Gasteiger partial charge in [-0.15, -0.1) is 0 Å². The van der Waals surface area contributed by atoms with Crippen molar-refractivity contribution < 1.29 is 4.79 Å². The average molecular weight is 393 g/mol. The number of likely N-dealkylation sites (tertiary alicyclic amines) is 1. The van der Waals surface area contributed by atoms with Crippen LogP contribution in [0.5, 0.6) is 0 Å². The Morgan fingerprint density at radius 3 is 2.67 bits per heavy atom. The van der Waals surface area contributed by atoms with E-state index < -0.39 is 0 Å². The van der Waals surface area contributed by atoms with Crippen molar-refractivity contribution in [2.45, 2.75) is 19.3 Å². The Kier molecular flexibility index (Phi) is 4.56. The first kappa shape index (κ1) is 18.2. The number of carbonyl (C=O) groups excluding carboxylic acids is 1. The molecule has 0 unspecified atom stereocenters. The van der Waals surface area contributed by atoms with Gasteiger partial charge in [0.1, 0.15) is 11.8 Å². The van der Waals surface area contributed by atoms with Gasteiger partial charge in [-0.1, -0.05) is 12.1 Å². The first-order valence-electron chi connectivity index (χ1n) is 10.1. The van der Waals surface area contributed by atoms with Crippen LogP contribution in [0.25, 0.3) is 33.1 Å². The summed E-state index contributed by atoms with van der Waals surface area (Å²) in [6.07, 6.45) is 6.69. The van der Waals surface area contributed by atoms with E-state index in [9.17, 15) is 10.1 Å². The van der Waals surface area contributed by atoms with Crippen molar-refractivity contribution in [3.8, 4) is 17.3 Å². The van der Waals surface area contributed by atoms with E-state index >= 15 is 0 Å². The SMILES string of the molecule is N#Cc1nccc2cc(-c3cnc4ccc(C(=O)N5CCCCC5)cc4n3)ccc12. The third-order valence-electron chi connectivity index (χ3n) is 5.60. The molecule has 4 aromatic rings. The van der Waals surface area contributed by atoms with Crippen LogP contribution >= 0.6 is 0 Å². The van der Waals surface area contributed by atoms with Gasteiger partial charge in [-0.2, -0.15) is 5.26 Å². The quantitative estimate of drug-likeness (QED) is 0.506. The van der Waals surface area contributed by atoms with E-state index in [0.29, 0.717) is 16.8 Å². The normalized spacial score (nSPS) is 14.0. The zero-order valence-corrected chi connectivity index (χ0v) is 16.4. The summed E-state index contributed by atoms with van der Waals surface area (Å²) >= 11 is 0. The molecule has 2 aromatic heterocycles. The fourth-order valence-electron chi connectivity index (χ4n) is 3.99. The zero-order valence-electron chi connectivity index (χ0n) is 16.4. The van der Waals surface area contributed by atoms with Crippen LogP contribution in [0.4, 0.5) is 0 Å². The summed E-state index contributed by atoms with van der Waals surface area (Å²) in [6, 6.07) is 15.3. The number of amides is 1. The second-order valence-electron chi connectivity index (χ2n) is 7.52. The van der Waals surface area contributed by atoms with Crippen LogP contribution in [-0.2, 0) is 0 Å². The maximum Gasteiger partial charge on any atom is 0.253 e. The van der Waals surface area contributed by atoms with Crippen LogP contribution in [0.15, 0.2) is 54.9 Å². The number of benzene rings is 2. The lowest BCUT2D eigenvalue weighted by Crippen LogP contribution is -2.35. The van der Waals surface area contributed by atoms with Crippen molar-refractivity contribution >= 4 is 27.7 Å². The molecule has 1 saturated heterocycles. The van der Waals surface area contributed by atoms with Crippen LogP contribution in [0.1, 0.15) is 35.3 Å². The Morgan fingerprint density at radius 2 is 1.83 bits per heavy atom. The highest BCUT2D eigenvalue weighted by molar-refractivity contribution is 5.97. The summed E-state index contributed by atoms with van der Waals surface area (Å²) in [6.45, 7) is 1.64. The lowest BCUT2D eigenvalue weighted by atomic mass is 10.0. The smallest absolute Gasteiger partial charge is 0.253 e. The fourth-order valence-corrected chi connectivity index (χ4v) is 3.99. The van der Waals surface area contributed by atoms with Crippen molar-refractivity contribution in [1.29, 1.82) is 5.26 Å². The second kappa shape index (κ2) is 7.53. The Balaban J connectivity index is 1.53. The lowest BCUT2D eigenvalue weighted by Gasteiger charge is -2.26. The Bertz CT molecular complexity index is 1320. The number of piperidine rings is 1. The maximum atomic E-state index is 12.9. The molecule has 0 saturated carbocycles. The van der Waals surface area contributed by atoms with E-state index in [0.717, 1.165) is 53.5 Å². The molecular weight excluding hydrogens is 374 g/mol. The molecule has 2 aromatic carbocycles. The average Bonchev–Trinajstić information content (AvgIpc) is 2.82. The minimum Gasteiger partial charge on any atom is -0.339 e. The largest absolute Gasteiger partial charge is 0.339 e. The molecule has 6 heteroatoms. The van der Waals surface area contributed by atoms with Crippen LogP contribution in [0.3, 0.4) is 0 Å². The van der Waals surface area contributed by atoms with Crippen LogP contribution in [-0.4, -0.2) is 38.8 Å². The Morgan fingerprint density at radius 1 is 0.967 bits per heavy atom. The predicted octanol–water partition coefficient (Wildman–Crippen LogP) is 4.34. The van der Waals surface area contributed by atoms with Gasteiger partial charge in [0, 0.05) is 35.8 Å². The number of nitriles is 1. The number of pyridine rings is 1. The summed E-state index contributed by atoms with van der Waals surface area (Å²) in [4.78, 5) is 28.2.